The van der Waals surface area contributed by atoms with Gasteiger partial charge in [-0.1, -0.05) is 74.5 Å². The quantitative estimate of drug-likeness (QED) is 0.256. The first-order valence-corrected chi connectivity index (χ1v) is 12.4. The highest BCUT2D eigenvalue weighted by molar-refractivity contribution is 5.95. The fourth-order valence-electron chi connectivity index (χ4n) is 6.30. The van der Waals surface area contributed by atoms with Gasteiger partial charge in [-0.2, -0.15) is 0 Å². The monoisotopic (exact) mass is 487 g/mol. The van der Waals surface area contributed by atoms with Crippen LogP contribution in [0.5, 0.6) is 5.88 Å². The lowest BCUT2D eigenvalue weighted by molar-refractivity contribution is -0.122. The van der Waals surface area contributed by atoms with E-state index in [4.69, 9.17) is 4.84 Å². The Morgan fingerprint density at radius 2 is 1.86 bits per heavy atom. The molecule has 8 heteroatoms. The number of benzene rings is 2. The zero-order valence-corrected chi connectivity index (χ0v) is 21.1. The fourth-order valence-corrected chi connectivity index (χ4v) is 6.30. The number of carbonyl (C=O) groups excluding carboxylic acids is 1. The third kappa shape index (κ3) is 5.04. The average Bonchev–Trinajstić information content (AvgIpc) is 3.24. The van der Waals surface area contributed by atoms with Crippen LogP contribution < -0.4 is 0 Å². The third-order valence-electron chi connectivity index (χ3n) is 7.29. The van der Waals surface area contributed by atoms with Gasteiger partial charge in [0.25, 0.3) is 0 Å². The number of fused-ring (bicyclic) bond motifs is 3. The number of hydrogen-bond acceptors (Lipinski definition) is 6. The second kappa shape index (κ2) is 9.50. The number of para-hydroxylation sites is 1. The van der Waals surface area contributed by atoms with Crippen LogP contribution in [0, 0.1) is 10.8 Å². The van der Waals surface area contributed by atoms with Crippen LogP contribution in [-0.2, 0) is 16.3 Å². The number of amides is 1. The zero-order valence-electron chi connectivity index (χ0n) is 21.1. The van der Waals surface area contributed by atoms with E-state index < -0.39 is 5.91 Å². The molecule has 2 aromatic carbocycles. The summed E-state index contributed by atoms with van der Waals surface area (Å²) in [7, 11) is 0. The van der Waals surface area contributed by atoms with Crippen LogP contribution in [-0.4, -0.2) is 45.9 Å². The second-order valence-corrected chi connectivity index (χ2v) is 11.2. The van der Waals surface area contributed by atoms with E-state index in [-0.39, 0.29) is 12.5 Å². The van der Waals surface area contributed by atoms with Gasteiger partial charge in [-0.15, -0.1) is 10.2 Å². The molecule has 1 saturated carbocycles. The molecule has 188 valence electrons. The van der Waals surface area contributed by atoms with Crippen molar-refractivity contribution in [1.82, 2.24) is 9.47 Å². The SMILES string of the molecule is CC1(C)CC2CC(C)(CN2Cn2c(O)c(N=NC(=O)CON=Cc3ccccc3)c3ccccc32)C1. The van der Waals surface area contributed by atoms with Gasteiger partial charge in [0, 0.05) is 18.0 Å². The first kappa shape index (κ1) is 24.2. The number of likely N-dealkylation sites (tertiary alicyclic amines) is 1. The minimum absolute atomic E-state index is 0.0154. The van der Waals surface area contributed by atoms with Crippen LogP contribution in [0.4, 0.5) is 5.69 Å². The minimum Gasteiger partial charge on any atom is -0.493 e. The van der Waals surface area contributed by atoms with E-state index in [9.17, 15) is 9.90 Å². The van der Waals surface area contributed by atoms with Gasteiger partial charge in [0.15, 0.2) is 12.3 Å². The largest absolute Gasteiger partial charge is 0.493 e. The van der Waals surface area contributed by atoms with Gasteiger partial charge < -0.3 is 9.94 Å². The summed E-state index contributed by atoms with van der Waals surface area (Å²) in [5.74, 6) is -0.568. The lowest BCUT2D eigenvalue weighted by Crippen LogP contribution is -2.35. The van der Waals surface area contributed by atoms with Gasteiger partial charge in [-0.05, 0) is 41.7 Å². The van der Waals surface area contributed by atoms with Crippen LogP contribution in [0.2, 0.25) is 0 Å². The van der Waals surface area contributed by atoms with Gasteiger partial charge >= 0.3 is 5.91 Å². The summed E-state index contributed by atoms with van der Waals surface area (Å²) in [5.41, 5.74) is 2.64. The molecular formula is C28H33N5O3. The highest BCUT2D eigenvalue weighted by atomic mass is 16.6. The lowest BCUT2D eigenvalue weighted by Gasteiger charge is -2.40. The normalized spacial score (nSPS) is 23.7. The summed E-state index contributed by atoms with van der Waals surface area (Å²) >= 11 is 0. The predicted molar refractivity (Wildman–Crippen MR) is 139 cm³/mol. The van der Waals surface area contributed by atoms with E-state index in [0.717, 1.165) is 29.4 Å². The van der Waals surface area contributed by atoms with Gasteiger partial charge in [0.05, 0.1) is 18.4 Å². The van der Waals surface area contributed by atoms with E-state index in [0.29, 0.717) is 29.2 Å². The van der Waals surface area contributed by atoms with Crippen LogP contribution in [0.25, 0.3) is 10.9 Å². The number of azo groups is 1. The number of hydrogen-bond donors (Lipinski definition) is 1. The van der Waals surface area contributed by atoms with Crippen LogP contribution in [0.1, 0.15) is 45.6 Å². The Balaban J connectivity index is 1.31. The maximum atomic E-state index is 12.2. The molecule has 1 amide bonds. The molecule has 1 aliphatic heterocycles. The Kier molecular flexibility index (Phi) is 6.38. The Labute approximate surface area is 211 Å². The standard InChI is InChI=1S/C28H33N5O3/c1-27(2)13-21-14-28(3,17-27)18-32(21)19-33-23-12-8-7-11-22(23)25(26(33)35)31-30-24(34)16-36-29-15-20-9-5-4-6-10-20/h4-12,15,21,35H,13-14,16-19H2,1-3H3. The first-order valence-electron chi connectivity index (χ1n) is 12.4. The van der Waals surface area contributed by atoms with E-state index in [2.05, 4.69) is 41.1 Å². The van der Waals surface area contributed by atoms with E-state index in [1.807, 2.05) is 59.2 Å². The predicted octanol–water partition coefficient (Wildman–Crippen LogP) is 5.87. The summed E-state index contributed by atoms with van der Waals surface area (Å²) in [4.78, 5) is 19.8. The van der Waals surface area contributed by atoms with Gasteiger partial charge in [-0.3, -0.25) is 14.3 Å². The molecule has 1 aromatic heterocycles. The maximum absolute atomic E-state index is 12.2. The molecule has 36 heavy (non-hydrogen) atoms. The Hall–Kier alpha value is -3.52. The van der Waals surface area contributed by atoms with Crippen molar-refractivity contribution in [3.8, 4) is 5.88 Å². The molecule has 2 atom stereocenters. The molecule has 1 aliphatic carbocycles. The van der Waals surface area contributed by atoms with E-state index in [1.54, 1.807) is 0 Å². The molecule has 2 aliphatic rings. The summed E-state index contributed by atoms with van der Waals surface area (Å²) < 4.78 is 1.88. The molecule has 2 bridgehead atoms. The first-order chi connectivity index (χ1) is 17.2. The van der Waals surface area contributed by atoms with Crippen molar-refractivity contribution in [2.45, 2.75) is 52.7 Å². The maximum Gasteiger partial charge on any atom is 0.304 e. The fraction of sp³-hybridized carbons (Fsp3) is 0.429. The van der Waals surface area contributed by atoms with Crippen molar-refractivity contribution in [2.75, 3.05) is 13.2 Å². The second-order valence-electron chi connectivity index (χ2n) is 11.2. The summed E-state index contributed by atoms with van der Waals surface area (Å²) in [6.07, 6.45) is 5.07. The van der Waals surface area contributed by atoms with Crippen LogP contribution >= 0.6 is 0 Å². The summed E-state index contributed by atoms with van der Waals surface area (Å²) in [6.45, 7) is 8.33. The van der Waals surface area contributed by atoms with Crippen molar-refractivity contribution >= 4 is 28.7 Å². The number of aromatic nitrogens is 1. The minimum atomic E-state index is -0.583. The third-order valence-corrected chi connectivity index (χ3v) is 7.29. The molecule has 1 N–H and O–H groups in total. The van der Waals surface area contributed by atoms with Crippen molar-refractivity contribution in [3.63, 3.8) is 0 Å². The van der Waals surface area contributed by atoms with Crippen LogP contribution in [0.15, 0.2) is 70.0 Å². The molecule has 5 rings (SSSR count). The highest BCUT2D eigenvalue weighted by Crippen LogP contribution is 2.53. The zero-order chi connectivity index (χ0) is 25.3. The topological polar surface area (TPSA) is 91.8 Å². The molecule has 3 aromatic rings. The van der Waals surface area contributed by atoms with E-state index in [1.165, 1.54) is 19.1 Å². The van der Waals surface area contributed by atoms with Crippen molar-refractivity contribution in [2.24, 2.45) is 26.2 Å². The number of carbonyl (C=O) groups is 1. The molecule has 0 radical (unpaired) electrons. The summed E-state index contributed by atoms with van der Waals surface area (Å²) in [5, 5.41) is 23.6. The molecule has 2 heterocycles. The average molecular weight is 488 g/mol. The Morgan fingerprint density at radius 3 is 2.67 bits per heavy atom. The Bertz CT molecular complexity index is 1310. The number of oxime groups is 1. The number of nitrogens with zero attached hydrogens (tertiary/aromatic N) is 5. The smallest absolute Gasteiger partial charge is 0.304 e. The Morgan fingerprint density at radius 1 is 1.11 bits per heavy atom. The van der Waals surface area contributed by atoms with Gasteiger partial charge in [0.1, 0.15) is 0 Å². The van der Waals surface area contributed by atoms with Crippen molar-refractivity contribution in [3.05, 3.63) is 60.2 Å². The highest BCUT2D eigenvalue weighted by Gasteiger charge is 2.49. The molecular weight excluding hydrogens is 454 g/mol. The molecule has 1 saturated heterocycles. The number of aromatic hydroxyl groups is 1. The summed E-state index contributed by atoms with van der Waals surface area (Å²) in [6, 6.07) is 17.6. The molecule has 2 unspecified atom stereocenters. The molecule has 8 nitrogen and oxygen atoms in total. The van der Waals surface area contributed by atoms with Gasteiger partial charge in [-0.25, -0.2) is 0 Å². The lowest BCUT2D eigenvalue weighted by atomic mass is 9.65. The van der Waals surface area contributed by atoms with E-state index >= 15 is 0 Å². The van der Waals surface area contributed by atoms with Crippen molar-refractivity contribution in [1.29, 1.82) is 0 Å². The van der Waals surface area contributed by atoms with Crippen LogP contribution in [0.3, 0.4) is 0 Å². The van der Waals surface area contributed by atoms with Gasteiger partial charge in [0.2, 0.25) is 5.88 Å². The van der Waals surface area contributed by atoms with Crippen molar-refractivity contribution < 1.29 is 14.7 Å². The molecule has 0 spiro atoms. The molecule has 2 fully saturated rings. The number of rotatable bonds is 7.